The van der Waals surface area contributed by atoms with Crippen molar-refractivity contribution in [1.82, 2.24) is 19.7 Å². The number of hydrogen-bond donors (Lipinski definition) is 0. The third-order valence-electron chi connectivity index (χ3n) is 4.40. The van der Waals surface area contributed by atoms with E-state index in [2.05, 4.69) is 34.0 Å². The van der Waals surface area contributed by atoms with Crippen molar-refractivity contribution in [2.75, 3.05) is 6.54 Å². The lowest BCUT2D eigenvalue weighted by atomic mass is 9.94. The fourth-order valence-corrected chi connectivity index (χ4v) is 3.20. The van der Waals surface area contributed by atoms with Crippen LogP contribution in [-0.2, 0) is 6.54 Å². The molecule has 4 nitrogen and oxygen atoms in total. The van der Waals surface area contributed by atoms with E-state index in [4.69, 9.17) is 0 Å². The van der Waals surface area contributed by atoms with Crippen LogP contribution in [0.2, 0.25) is 0 Å². The first-order valence-corrected chi connectivity index (χ1v) is 8.07. The second kappa shape index (κ2) is 6.85. The van der Waals surface area contributed by atoms with E-state index in [1.165, 1.54) is 32.1 Å². The Morgan fingerprint density at radius 2 is 1.90 bits per heavy atom. The number of para-hydroxylation sites is 1. The van der Waals surface area contributed by atoms with Crippen LogP contribution < -0.4 is 0 Å². The molecule has 3 rings (SSSR count). The number of rotatable bonds is 5. The van der Waals surface area contributed by atoms with Crippen LogP contribution in [0.1, 0.15) is 44.9 Å². The van der Waals surface area contributed by atoms with E-state index in [1.807, 2.05) is 29.2 Å². The molecule has 1 aliphatic carbocycles. The number of hydrogen-bond acceptors (Lipinski definition) is 3. The van der Waals surface area contributed by atoms with Crippen molar-refractivity contribution in [3.8, 4) is 5.69 Å². The highest BCUT2D eigenvalue weighted by molar-refractivity contribution is 5.29. The molecule has 0 amide bonds. The van der Waals surface area contributed by atoms with E-state index in [-0.39, 0.29) is 0 Å². The Bertz CT molecular complexity index is 543. The first kappa shape index (κ1) is 14.3. The average molecular weight is 284 g/mol. The standard InChI is InChI=1S/C17H24N4/c1-2-20(15-9-5-3-6-10-15)13-17-18-14-21(19-17)16-11-7-4-8-12-16/h4,7-8,11-12,14-15H,2-3,5-6,9-10,13H2,1H3. The Balaban J connectivity index is 1.68. The van der Waals surface area contributed by atoms with Crippen molar-refractivity contribution in [3.05, 3.63) is 42.5 Å². The summed E-state index contributed by atoms with van der Waals surface area (Å²) in [6.45, 7) is 4.17. The largest absolute Gasteiger partial charge is 0.293 e. The van der Waals surface area contributed by atoms with Gasteiger partial charge in [-0.2, -0.15) is 0 Å². The summed E-state index contributed by atoms with van der Waals surface area (Å²) in [6, 6.07) is 10.9. The van der Waals surface area contributed by atoms with Gasteiger partial charge in [-0.25, -0.2) is 9.67 Å². The Morgan fingerprint density at radius 1 is 1.14 bits per heavy atom. The molecule has 1 aliphatic rings. The fourth-order valence-electron chi connectivity index (χ4n) is 3.20. The Morgan fingerprint density at radius 3 is 2.62 bits per heavy atom. The van der Waals surface area contributed by atoms with Gasteiger partial charge >= 0.3 is 0 Å². The van der Waals surface area contributed by atoms with Gasteiger partial charge in [0.2, 0.25) is 0 Å². The van der Waals surface area contributed by atoms with Crippen molar-refractivity contribution in [2.45, 2.75) is 51.6 Å². The molecule has 1 fully saturated rings. The third kappa shape index (κ3) is 3.50. The van der Waals surface area contributed by atoms with Crippen LogP contribution in [0.4, 0.5) is 0 Å². The molecule has 0 unspecified atom stereocenters. The van der Waals surface area contributed by atoms with Gasteiger partial charge in [-0.05, 0) is 31.5 Å². The van der Waals surface area contributed by atoms with Crippen LogP contribution in [-0.4, -0.2) is 32.3 Å². The highest BCUT2D eigenvalue weighted by Gasteiger charge is 2.21. The molecule has 0 aliphatic heterocycles. The van der Waals surface area contributed by atoms with Gasteiger partial charge in [0.1, 0.15) is 6.33 Å². The summed E-state index contributed by atoms with van der Waals surface area (Å²) < 4.78 is 1.87. The predicted molar refractivity (Wildman–Crippen MR) is 84.3 cm³/mol. The van der Waals surface area contributed by atoms with Crippen LogP contribution in [0.3, 0.4) is 0 Å². The zero-order valence-corrected chi connectivity index (χ0v) is 12.8. The van der Waals surface area contributed by atoms with E-state index >= 15 is 0 Å². The molecule has 0 radical (unpaired) electrons. The molecule has 1 aromatic heterocycles. The van der Waals surface area contributed by atoms with Gasteiger partial charge < -0.3 is 0 Å². The quantitative estimate of drug-likeness (QED) is 0.843. The van der Waals surface area contributed by atoms with Gasteiger partial charge in [0.05, 0.1) is 12.2 Å². The summed E-state index contributed by atoms with van der Waals surface area (Å²) in [6.07, 6.45) is 8.61. The SMILES string of the molecule is CCN(Cc1ncn(-c2ccccc2)n1)C1CCCCC1. The average Bonchev–Trinajstić information content (AvgIpc) is 3.03. The molecule has 0 bridgehead atoms. The van der Waals surface area contributed by atoms with E-state index < -0.39 is 0 Å². The van der Waals surface area contributed by atoms with Crippen LogP contribution in [0, 0.1) is 0 Å². The van der Waals surface area contributed by atoms with E-state index in [1.54, 1.807) is 0 Å². The molecular weight excluding hydrogens is 260 g/mol. The fraction of sp³-hybridized carbons (Fsp3) is 0.529. The first-order chi connectivity index (χ1) is 10.4. The third-order valence-corrected chi connectivity index (χ3v) is 4.40. The molecule has 1 aromatic carbocycles. The first-order valence-electron chi connectivity index (χ1n) is 8.07. The van der Waals surface area contributed by atoms with E-state index in [0.29, 0.717) is 6.04 Å². The molecule has 2 aromatic rings. The maximum absolute atomic E-state index is 4.63. The summed E-state index contributed by atoms with van der Waals surface area (Å²) >= 11 is 0. The van der Waals surface area contributed by atoms with Crippen molar-refractivity contribution < 1.29 is 0 Å². The van der Waals surface area contributed by atoms with Gasteiger partial charge in [-0.1, -0.05) is 44.4 Å². The molecule has 0 atom stereocenters. The molecule has 1 heterocycles. The summed E-state index contributed by atoms with van der Waals surface area (Å²) in [5, 5.41) is 4.63. The maximum atomic E-state index is 4.63. The second-order valence-electron chi connectivity index (χ2n) is 5.80. The van der Waals surface area contributed by atoms with Crippen molar-refractivity contribution in [3.63, 3.8) is 0 Å². The monoisotopic (exact) mass is 284 g/mol. The summed E-state index contributed by atoms with van der Waals surface area (Å²) in [5.41, 5.74) is 1.07. The van der Waals surface area contributed by atoms with Crippen molar-refractivity contribution in [1.29, 1.82) is 0 Å². The van der Waals surface area contributed by atoms with Crippen LogP contribution in [0.15, 0.2) is 36.7 Å². The summed E-state index contributed by atoms with van der Waals surface area (Å²) in [4.78, 5) is 7.02. The topological polar surface area (TPSA) is 34.0 Å². The van der Waals surface area contributed by atoms with Gasteiger partial charge in [-0.3, -0.25) is 4.90 Å². The molecular formula is C17H24N4. The molecule has 0 spiro atoms. The lowest BCUT2D eigenvalue weighted by Crippen LogP contribution is -2.36. The van der Waals surface area contributed by atoms with Crippen LogP contribution in [0.25, 0.3) is 5.69 Å². The Kier molecular flexibility index (Phi) is 4.65. The summed E-state index contributed by atoms with van der Waals surface area (Å²) in [5.74, 6) is 0.922. The lowest BCUT2D eigenvalue weighted by Gasteiger charge is -2.32. The minimum Gasteiger partial charge on any atom is -0.293 e. The van der Waals surface area contributed by atoms with Crippen LogP contribution >= 0.6 is 0 Å². The smallest absolute Gasteiger partial charge is 0.165 e. The van der Waals surface area contributed by atoms with Crippen LogP contribution in [0.5, 0.6) is 0 Å². The van der Waals surface area contributed by atoms with Gasteiger partial charge in [0, 0.05) is 6.04 Å². The maximum Gasteiger partial charge on any atom is 0.165 e. The van der Waals surface area contributed by atoms with Gasteiger partial charge in [-0.15, -0.1) is 5.10 Å². The minimum absolute atomic E-state index is 0.715. The molecule has 0 saturated heterocycles. The molecule has 21 heavy (non-hydrogen) atoms. The highest BCUT2D eigenvalue weighted by Crippen LogP contribution is 2.23. The van der Waals surface area contributed by atoms with E-state index in [0.717, 1.165) is 24.6 Å². The minimum atomic E-state index is 0.715. The highest BCUT2D eigenvalue weighted by atomic mass is 15.3. The van der Waals surface area contributed by atoms with Gasteiger partial charge in [0.25, 0.3) is 0 Å². The summed E-state index contributed by atoms with van der Waals surface area (Å²) in [7, 11) is 0. The molecule has 1 saturated carbocycles. The second-order valence-corrected chi connectivity index (χ2v) is 5.80. The Labute approximate surface area is 126 Å². The van der Waals surface area contributed by atoms with Gasteiger partial charge in [0.15, 0.2) is 5.82 Å². The molecule has 4 heteroatoms. The Hall–Kier alpha value is -1.68. The zero-order valence-electron chi connectivity index (χ0n) is 12.8. The molecule has 112 valence electrons. The predicted octanol–water partition coefficient (Wildman–Crippen LogP) is 3.42. The molecule has 0 N–H and O–H groups in total. The number of benzene rings is 1. The van der Waals surface area contributed by atoms with Crippen molar-refractivity contribution >= 4 is 0 Å². The zero-order chi connectivity index (χ0) is 14.5. The normalized spacial score (nSPS) is 16.5. The van der Waals surface area contributed by atoms with E-state index in [9.17, 15) is 0 Å². The number of aromatic nitrogens is 3. The number of nitrogens with zero attached hydrogens (tertiary/aromatic N) is 4. The lowest BCUT2D eigenvalue weighted by molar-refractivity contribution is 0.152. The van der Waals surface area contributed by atoms with Crippen molar-refractivity contribution in [2.24, 2.45) is 0 Å².